The van der Waals surface area contributed by atoms with Gasteiger partial charge in [-0.05, 0) is 19.1 Å². The zero-order valence-electron chi connectivity index (χ0n) is 9.54. The Morgan fingerprint density at radius 2 is 2.24 bits per heavy atom. The van der Waals surface area contributed by atoms with E-state index in [4.69, 9.17) is 23.2 Å². The standard InChI is InChI=1S/C12H14Cl2N2O/c1-8-7-16(6-5-15-8)12(17)9-3-2-4-10(13)11(9)14/h2-4,8,15H,5-7H2,1H3/t8-/m1/s1. The summed E-state index contributed by atoms with van der Waals surface area (Å²) < 4.78 is 0. The summed E-state index contributed by atoms with van der Waals surface area (Å²) in [7, 11) is 0. The number of carbonyl (C=O) groups excluding carboxylic acids is 1. The van der Waals surface area contributed by atoms with Crippen LogP contribution in [0.2, 0.25) is 10.0 Å². The molecule has 92 valence electrons. The second kappa shape index (κ2) is 5.25. The van der Waals surface area contributed by atoms with Gasteiger partial charge in [0.25, 0.3) is 5.91 Å². The van der Waals surface area contributed by atoms with Crippen molar-refractivity contribution in [3.8, 4) is 0 Å². The van der Waals surface area contributed by atoms with Crippen molar-refractivity contribution in [1.82, 2.24) is 10.2 Å². The van der Waals surface area contributed by atoms with E-state index in [-0.39, 0.29) is 5.91 Å². The summed E-state index contributed by atoms with van der Waals surface area (Å²) in [5, 5.41) is 4.05. The van der Waals surface area contributed by atoms with E-state index >= 15 is 0 Å². The van der Waals surface area contributed by atoms with Crippen LogP contribution in [-0.4, -0.2) is 36.5 Å². The van der Waals surface area contributed by atoms with Crippen LogP contribution < -0.4 is 5.32 Å². The van der Waals surface area contributed by atoms with Crippen molar-refractivity contribution >= 4 is 29.1 Å². The number of hydrogen-bond acceptors (Lipinski definition) is 2. The number of halogens is 2. The third kappa shape index (κ3) is 2.73. The van der Waals surface area contributed by atoms with E-state index in [2.05, 4.69) is 12.2 Å². The first-order valence-corrected chi connectivity index (χ1v) is 6.32. The molecule has 1 aromatic carbocycles. The molecule has 0 radical (unpaired) electrons. The summed E-state index contributed by atoms with van der Waals surface area (Å²) in [6.07, 6.45) is 0. The van der Waals surface area contributed by atoms with Gasteiger partial charge in [-0.25, -0.2) is 0 Å². The van der Waals surface area contributed by atoms with E-state index in [0.717, 1.165) is 6.54 Å². The molecule has 0 bridgehead atoms. The van der Waals surface area contributed by atoms with Crippen molar-refractivity contribution in [2.75, 3.05) is 19.6 Å². The molecule has 1 aromatic rings. The molecule has 3 nitrogen and oxygen atoms in total. The van der Waals surface area contributed by atoms with Crippen LogP contribution in [-0.2, 0) is 0 Å². The molecule has 2 rings (SSSR count). The molecule has 1 aliphatic heterocycles. The first-order valence-electron chi connectivity index (χ1n) is 5.56. The van der Waals surface area contributed by atoms with E-state index < -0.39 is 0 Å². The van der Waals surface area contributed by atoms with E-state index in [1.807, 2.05) is 0 Å². The molecule has 0 aliphatic carbocycles. The molecular weight excluding hydrogens is 259 g/mol. The first kappa shape index (κ1) is 12.7. The largest absolute Gasteiger partial charge is 0.336 e. The van der Waals surface area contributed by atoms with Crippen LogP contribution in [0, 0.1) is 0 Å². The van der Waals surface area contributed by atoms with Crippen LogP contribution in [0.15, 0.2) is 18.2 Å². The summed E-state index contributed by atoms with van der Waals surface area (Å²) in [5.74, 6) is -0.0501. The maximum Gasteiger partial charge on any atom is 0.255 e. The lowest BCUT2D eigenvalue weighted by Crippen LogP contribution is -2.51. The highest BCUT2D eigenvalue weighted by molar-refractivity contribution is 6.43. The van der Waals surface area contributed by atoms with Crippen molar-refractivity contribution < 1.29 is 4.79 Å². The number of nitrogens with zero attached hydrogens (tertiary/aromatic N) is 1. The van der Waals surface area contributed by atoms with Gasteiger partial charge in [0.1, 0.15) is 0 Å². The van der Waals surface area contributed by atoms with E-state index in [1.54, 1.807) is 23.1 Å². The third-order valence-corrected chi connectivity index (χ3v) is 3.66. The van der Waals surface area contributed by atoms with Crippen molar-refractivity contribution in [3.05, 3.63) is 33.8 Å². The minimum atomic E-state index is -0.0501. The van der Waals surface area contributed by atoms with E-state index in [0.29, 0.717) is 34.7 Å². The Morgan fingerprint density at radius 3 is 2.94 bits per heavy atom. The Morgan fingerprint density at radius 1 is 1.47 bits per heavy atom. The van der Waals surface area contributed by atoms with Gasteiger partial charge in [-0.3, -0.25) is 4.79 Å². The van der Waals surface area contributed by atoms with Gasteiger partial charge in [0.2, 0.25) is 0 Å². The van der Waals surface area contributed by atoms with Crippen LogP contribution in [0.3, 0.4) is 0 Å². The highest BCUT2D eigenvalue weighted by atomic mass is 35.5. The second-order valence-corrected chi connectivity index (χ2v) is 4.99. The quantitative estimate of drug-likeness (QED) is 0.852. The Balaban J connectivity index is 2.22. The summed E-state index contributed by atoms with van der Waals surface area (Å²) in [4.78, 5) is 14.1. The predicted octanol–water partition coefficient (Wildman–Crippen LogP) is 2.43. The summed E-state index contributed by atoms with van der Waals surface area (Å²) in [6.45, 7) is 4.26. The van der Waals surface area contributed by atoms with Gasteiger partial charge < -0.3 is 10.2 Å². The number of nitrogens with one attached hydrogen (secondary N) is 1. The molecule has 1 saturated heterocycles. The Labute approximate surface area is 111 Å². The zero-order chi connectivity index (χ0) is 12.4. The van der Waals surface area contributed by atoms with Crippen LogP contribution in [0.1, 0.15) is 17.3 Å². The first-order chi connectivity index (χ1) is 8.09. The number of rotatable bonds is 1. The number of carbonyl (C=O) groups is 1. The van der Waals surface area contributed by atoms with Gasteiger partial charge in [0.05, 0.1) is 15.6 Å². The zero-order valence-corrected chi connectivity index (χ0v) is 11.1. The molecule has 1 atom stereocenters. The topological polar surface area (TPSA) is 32.3 Å². The number of amides is 1. The molecule has 0 unspecified atom stereocenters. The number of hydrogen-bond donors (Lipinski definition) is 1. The molecule has 1 aliphatic rings. The van der Waals surface area contributed by atoms with Crippen molar-refractivity contribution in [3.63, 3.8) is 0 Å². The fourth-order valence-corrected chi connectivity index (χ4v) is 2.34. The molecule has 5 heteroatoms. The molecular formula is C12H14Cl2N2O. The minimum Gasteiger partial charge on any atom is -0.336 e. The number of benzene rings is 1. The SMILES string of the molecule is C[C@@H]1CN(C(=O)c2cccc(Cl)c2Cl)CCN1. The second-order valence-electron chi connectivity index (χ2n) is 4.21. The smallest absolute Gasteiger partial charge is 0.255 e. The van der Waals surface area contributed by atoms with Gasteiger partial charge >= 0.3 is 0 Å². The number of piperazine rings is 1. The van der Waals surface area contributed by atoms with Gasteiger partial charge in [-0.15, -0.1) is 0 Å². The maximum absolute atomic E-state index is 12.3. The van der Waals surface area contributed by atoms with Gasteiger partial charge in [-0.2, -0.15) is 0 Å². The molecule has 1 N–H and O–H groups in total. The lowest BCUT2D eigenvalue weighted by atomic mass is 10.1. The lowest BCUT2D eigenvalue weighted by molar-refractivity contribution is 0.0709. The average Bonchev–Trinajstić information content (AvgIpc) is 2.32. The van der Waals surface area contributed by atoms with Crippen LogP contribution in [0.5, 0.6) is 0 Å². The lowest BCUT2D eigenvalue weighted by Gasteiger charge is -2.32. The highest BCUT2D eigenvalue weighted by Crippen LogP contribution is 2.26. The fraction of sp³-hybridized carbons (Fsp3) is 0.417. The van der Waals surface area contributed by atoms with Gasteiger partial charge in [-0.1, -0.05) is 29.3 Å². The molecule has 1 amide bonds. The molecule has 0 spiro atoms. The van der Waals surface area contributed by atoms with E-state index in [1.165, 1.54) is 0 Å². The average molecular weight is 273 g/mol. The van der Waals surface area contributed by atoms with E-state index in [9.17, 15) is 4.79 Å². The Bertz CT molecular complexity index is 437. The molecule has 17 heavy (non-hydrogen) atoms. The molecule has 0 saturated carbocycles. The van der Waals surface area contributed by atoms with Crippen molar-refractivity contribution in [2.24, 2.45) is 0 Å². The normalized spacial score (nSPS) is 20.4. The summed E-state index contributed by atoms with van der Waals surface area (Å²) >= 11 is 12.0. The Kier molecular flexibility index (Phi) is 3.92. The molecule has 1 heterocycles. The van der Waals surface area contributed by atoms with Crippen LogP contribution in [0.25, 0.3) is 0 Å². The van der Waals surface area contributed by atoms with Gasteiger partial charge in [0.15, 0.2) is 0 Å². The summed E-state index contributed by atoms with van der Waals surface area (Å²) in [5.41, 5.74) is 0.480. The molecule has 0 aromatic heterocycles. The van der Waals surface area contributed by atoms with Crippen LogP contribution in [0.4, 0.5) is 0 Å². The van der Waals surface area contributed by atoms with Crippen molar-refractivity contribution in [2.45, 2.75) is 13.0 Å². The van der Waals surface area contributed by atoms with Crippen LogP contribution >= 0.6 is 23.2 Å². The van der Waals surface area contributed by atoms with Crippen molar-refractivity contribution in [1.29, 1.82) is 0 Å². The monoisotopic (exact) mass is 272 g/mol. The predicted molar refractivity (Wildman–Crippen MR) is 69.8 cm³/mol. The summed E-state index contributed by atoms with van der Waals surface area (Å²) in [6, 6.07) is 5.45. The molecule has 1 fully saturated rings. The third-order valence-electron chi connectivity index (χ3n) is 2.84. The van der Waals surface area contributed by atoms with Gasteiger partial charge in [0, 0.05) is 25.7 Å². The minimum absolute atomic E-state index is 0.0501. The Hall–Kier alpha value is -0.770. The highest BCUT2D eigenvalue weighted by Gasteiger charge is 2.23. The fourth-order valence-electron chi connectivity index (χ4n) is 1.96. The maximum atomic E-state index is 12.3.